The molecule has 1 aromatic rings. The van der Waals surface area contributed by atoms with E-state index in [1.54, 1.807) is 0 Å². The molecule has 1 aliphatic carbocycles. The Hall–Kier alpha value is -1.55. The molecule has 0 aliphatic heterocycles. The lowest BCUT2D eigenvalue weighted by atomic mass is 10.1. The van der Waals surface area contributed by atoms with Crippen molar-refractivity contribution < 1.29 is 9.53 Å². The van der Waals surface area contributed by atoms with Crippen LogP contribution in [0.3, 0.4) is 0 Å². The van der Waals surface area contributed by atoms with Gasteiger partial charge < -0.3 is 15.4 Å². The molecule has 0 bridgehead atoms. The fraction of sp³-hybridized carbons (Fsp3) is 0.562. The fourth-order valence-electron chi connectivity index (χ4n) is 2.36. The molecule has 1 saturated carbocycles. The van der Waals surface area contributed by atoms with E-state index in [0.29, 0.717) is 6.04 Å². The summed E-state index contributed by atoms with van der Waals surface area (Å²) < 4.78 is 5.66. The molecular formula is C16H24N2O2. The van der Waals surface area contributed by atoms with Crippen LogP contribution < -0.4 is 10.5 Å². The van der Waals surface area contributed by atoms with E-state index < -0.39 is 0 Å². The largest absolute Gasteiger partial charge is 0.484 e. The molecule has 2 N–H and O–H groups in total. The van der Waals surface area contributed by atoms with Gasteiger partial charge in [0.05, 0.1) is 0 Å². The van der Waals surface area contributed by atoms with Gasteiger partial charge in [0.1, 0.15) is 5.75 Å². The summed E-state index contributed by atoms with van der Waals surface area (Å²) in [5, 5.41) is 0. The number of amides is 1. The van der Waals surface area contributed by atoms with Crippen LogP contribution >= 0.6 is 0 Å². The molecule has 0 radical (unpaired) electrons. The number of hydrogen-bond donors (Lipinski definition) is 1. The third-order valence-electron chi connectivity index (χ3n) is 3.72. The van der Waals surface area contributed by atoms with Crippen LogP contribution in [-0.4, -0.2) is 30.0 Å². The number of benzene rings is 1. The van der Waals surface area contributed by atoms with Gasteiger partial charge in [0.2, 0.25) is 0 Å². The maximum absolute atomic E-state index is 12.1. The Labute approximate surface area is 120 Å². The van der Waals surface area contributed by atoms with Gasteiger partial charge in [-0.2, -0.15) is 0 Å². The number of carbonyl (C=O) groups is 1. The van der Waals surface area contributed by atoms with Gasteiger partial charge in [0.25, 0.3) is 5.91 Å². The van der Waals surface area contributed by atoms with Crippen molar-refractivity contribution in [1.29, 1.82) is 0 Å². The van der Waals surface area contributed by atoms with Gasteiger partial charge in [-0.1, -0.05) is 12.1 Å². The molecule has 4 nitrogen and oxygen atoms in total. The molecule has 2 rings (SSSR count). The SMILES string of the molecule is CCN(C(=O)COc1ccc(C(C)N)cc1C)C1CC1. The standard InChI is InChI=1S/C16H24N2O2/c1-4-18(14-6-7-14)16(19)10-20-15-8-5-13(12(3)17)9-11(15)2/h5,8-9,12,14H,4,6-7,10,17H2,1-3H3. The first-order valence-electron chi connectivity index (χ1n) is 7.31. The van der Waals surface area contributed by atoms with E-state index in [2.05, 4.69) is 0 Å². The molecule has 1 unspecified atom stereocenters. The Balaban J connectivity index is 1.95. The molecular weight excluding hydrogens is 252 g/mol. The van der Waals surface area contributed by atoms with Crippen molar-refractivity contribution in [2.45, 2.75) is 45.7 Å². The number of ether oxygens (including phenoxy) is 1. The number of nitrogens with two attached hydrogens (primary N) is 1. The predicted molar refractivity (Wildman–Crippen MR) is 79.7 cm³/mol. The molecule has 0 spiro atoms. The van der Waals surface area contributed by atoms with Crippen LogP contribution in [-0.2, 0) is 4.79 Å². The van der Waals surface area contributed by atoms with E-state index in [-0.39, 0.29) is 18.6 Å². The van der Waals surface area contributed by atoms with Crippen molar-refractivity contribution in [2.24, 2.45) is 5.73 Å². The van der Waals surface area contributed by atoms with Crippen LogP contribution in [0.1, 0.15) is 43.9 Å². The molecule has 0 aromatic heterocycles. The maximum Gasteiger partial charge on any atom is 0.260 e. The summed E-state index contributed by atoms with van der Waals surface area (Å²) in [6.07, 6.45) is 2.25. The van der Waals surface area contributed by atoms with E-state index in [9.17, 15) is 4.79 Å². The molecule has 4 heteroatoms. The summed E-state index contributed by atoms with van der Waals surface area (Å²) in [5.74, 6) is 0.834. The first kappa shape index (κ1) is 14.9. The first-order chi connectivity index (χ1) is 9.52. The van der Waals surface area contributed by atoms with Gasteiger partial charge in [0.15, 0.2) is 6.61 Å². The minimum absolute atomic E-state index is 0.00910. The highest BCUT2D eigenvalue weighted by Gasteiger charge is 2.31. The van der Waals surface area contributed by atoms with E-state index in [1.807, 2.05) is 43.9 Å². The van der Waals surface area contributed by atoms with Gasteiger partial charge >= 0.3 is 0 Å². The minimum Gasteiger partial charge on any atom is -0.484 e. The Kier molecular flexibility index (Phi) is 4.65. The number of carbonyl (C=O) groups excluding carboxylic acids is 1. The highest BCUT2D eigenvalue weighted by Crippen LogP contribution is 2.27. The van der Waals surface area contributed by atoms with Crippen molar-refractivity contribution in [3.8, 4) is 5.75 Å². The zero-order valence-electron chi connectivity index (χ0n) is 12.6. The highest BCUT2D eigenvalue weighted by atomic mass is 16.5. The van der Waals surface area contributed by atoms with E-state index in [4.69, 9.17) is 10.5 Å². The Morgan fingerprint density at radius 3 is 2.70 bits per heavy atom. The smallest absolute Gasteiger partial charge is 0.260 e. The van der Waals surface area contributed by atoms with Crippen LogP contribution in [0.2, 0.25) is 0 Å². The lowest BCUT2D eigenvalue weighted by Crippen LogP contribution is -2.36. The third-order valence-corrected chi connectivity index (χ3v) is 3.72. The Morgan fingerprint density at radius 2 is 2.20 bits per heavy atom. The van der Waals surface area contributed by atoms with Crippen LogP contribution in [0.4, 0.5) is 0 Å². The monoisotopic (exact) mass is 276 g/mol. The second kappa shape index (κ2) is 6.27. The minimum atomic E-state index is 0.00910. The number of hydrogen-bond acceptors (Lipinski definition) is 3. The fourth-order valence-corrected chi connectivity index (χ4v) is 2.36. The van der Waals surface area contributed by atoms with Crippen LogP contribution in [0, 0.1) is 6.92 Å². The molecule has 1 aromatic carbocycles. The normalized spacial score (nSPS) is 15.8. The van der Waals surface area contributed by atoms with Gasteiger partial charge in [-0.15, -0.1) is 0 Å². The zero-order valence-corrected chi connectivity index (χ0v) is 12.6. The van der Waals surface area contributed by atoms with Gasteiger partial charge in [0, 0.05) is 18.6 Å². The quantitative estimate of drug-likeness (QED) is 0.868. The lowest BCUT2D eigenvalue weighted by molar-refractivity contribution is -0.133. The van der Waals surface area contributed by atoms with E-state index in [1.165, 1.54) is 0 Å². The second-order valence-corrected chi connectivity index (χ2v) is 5.51. The van der Waals surface area contributed by atoms with Gasteiger partial charge in [-0.25, -0.2) is 0 Å². The van der Waals surface area contributed by atoms with Crippen molar-refractivity contribution in [1.82, 2.24) is 4.90 Å². The molecule has 20 heavy (non-hydrogen) atoms. The summed E-state index contributed by atoms with van der Waals surface area (Å²) >= 11 is 0. The predicted octanol–water partition coefficient (Wildman–Crippen LogP) is 2.40. The summed E-state index contributed by atoms with van der Waals surface area (Å²) in [4.78, 5) is 14.0. The molecule has 110 valence electrons. The number of likely N-dealkylation sites (N-methyl/N-ethyl adjacent to an activating group) is 1. The summed E-state index contributed by atoms with van der Waals surface area (Å²) in [5.41, 5.74) is 7.95. The average Bonchev–Trinajstić information content (AvgIpc) is 3.22. The zero-order chi connectivity index (χ0) is 14.7. The van der Waals surface area contributed by atoms with Crippen molar-refractivity contribution >= 4 is 5.91 Å². The maximum atomic E-state index is 12.1. The first-order valence-corrected chi connectivity index (χ1v) is 7.31. The summed E-state index contributed by atoms with van der Waals surface area (Å²) in [7, 11) is 0. The second-order valence-electron chi connectivity index (χ2n) is 5.51. The lowest BCUT2D eigenvalue weighted by Gasteiger charge is -2.21. The molecule has 0 saturated heterocycles. The van der Waals surface area contributed by atoms with E-state index in [0.717, 1.165) is 36.3 Å². The third kappa shape index (κ3) is 3.51. The van der Waals surface area contributed by atoms with Gasteiger partial charge in [-0.05, 0) is 50.8 Å². The van der Waals surface area contributed by atoms with Crippen LogP contribution in [0.5, 0.6) is 5.75 Å². The van der Waals surface area contributed by atoms with Crippen molar-refractivity contribution in [2.75, 3.05) is 13.2 Å². The van der Waals surface area contributed by atoms with Crippen LogP contribution in [0.25, 0.3) is 0 Å². The average molecular weight is 276 g/mol. The number of rotatable bonds is 6. The van der Waals surface area contributed by atoms with Crippen LogP contribution in [0.15, 0.2) is 18.2 Å². The molecule has 1 amide bonds. The summed E-state index contributed by atoms with van der Waals surface area (Å²) in [6, 6.07) is 6.32. The van der Waals surface area contributed by atoms with Gasteiger partial charge in [-0.3, -0.25) is 4.79 Å². The number of nitrogens with zero attached hydrogens (tertiary/aromatic N) is 1. The summed E-state index contributed by atoms with van der Waals surface area (Å²) in [6.45, 7) is 6.81. The molecule has 1 aliphatic rings. The van der Waals surface area contributed by atoms with Crippen molar-refractivity contribution in [3.63, 3.8) is 0 Å². The molecule has 1 fully saturated rings. The number of aryl methyl sites for hydroxylation is 1. The van der Waals surface area contributed by atoms with E-state index >= 15 is 0 Å². The van der Waals surface area contributed by atoms with Crippen molar-refractivity contribution in [3.05, 3.63) is 29.3 Å². The molecule has 0 heterocycles. The topological polar surface area (TPSA) is 55.6 Å². The Bertz CT molecular complexity index is 481. The highest BCUT2D eigenvalue weighted by molar-refractivity contribution is 5.78. The Morgan fingerprint density at radius 1 is 1.50 bits per heavy atom. The molecule has 1 atom stereocenters.